The molecule has 7 nitrogen and oxygen atoms in total. The molecule has 1 unspecified atom stereocenters. The first-order valence-corrected chi connectivity index (χ1v) is 9.85. The fraction of sp³-hybridized carbons (Fsp3) is 0.217. The molecule has 0 fully saturated rings. The summed E-state index contributed by atoms with van der Waals surface area (Å²) in [6.07, 6.45) is 0.270. The fourth-order valence-corrected chi connectivity index (χ4v) is 3.92. The monoisotopic (exact) mass is 419 g/mol. The molecule has 0 amide bonds. The number of fused-ring (bicyclic) bond motifs is 1. The first kappa shape index (κ1) is 19.2. The largest absolute Gasteiger partial charge is 0.483 e. The van der Waals surface area contributed by atoms with Crippen molar-refractivity contribution in [3.8, 4) is 28.5 Å². The van der Waals surface area contributed by atoms with Crippen molar-refractivity contribution in [1.29, 1.82) is 0 Å². The number of ketones is 1. The summed E-state index contributed by atoms with van der Waals surface area (Å²) in [7, 11) is 0. The van der Waals surface area contributed by atoms with Gasteiger partial charge in [-0.3, -0.25) is 4.79 Å². The van der Waals surface area contributed by atoms with E-state index < -0.39 is 5.82 Å². The van der Waals surface area contributed by atoms with Crippen LogP contribution in [0.25, 0.3) is 22.7 Å². The molecule has 1 aliphatic carbocycles. The van der Waals surface area contributed by atoms with Crippen LogP contribution in [-0.2, 0) is 6.61 Å². The maximum absolute atomic E-state index is 14.2. The van der Waals surface area contributed by atoms with Gasteiger partial charge >= 0.3 is 0 Å². The molecule has 2 aromatic carbocycles. The zero-order chi connectivity index (χ0) is 21.5. The average molecular weight is 419 g/mol. The number of carbonyl (C=O) groups excluding carboxylic acids is 1. The molecule has 0 N–H and O–H groups in total. The van der Waals surface area contributed by atoms with Crippen molar-refractivity contribution in [2.45, 2.75) is 32.8 Å². The maximum Gasteiger partial charge on any atom is 0.254 e. The normalized spacial score (nSPS) is 15.3. The van der Waals surface area contributed by atoms with Gasteiger partial charge in [-0.1, -0.05) is 42.4 Å². The van der Waals surface area contributed by atoms with Crippen LogP contribution in [0.15, 0.2) is 51.4 Å². The molecule has 4 aromatic rings. The third-order valence-corrected chi connectivity index (χ3v) is 5.36. The molecule has 156 valence electrons. The van der Waals surface area contributed by atoms with Gasteiger partial charge in [-0.2, -0.15) is 0 Å². The van der Waals surface area contributed by atoms with Crippen molar-refractivity contribution in [2.75, 3.05) is 0 Å². The highest BCUT2D eigenvalue weighted by Gasteiger charge is 2.32. The number of rotatable bonds is 5. The molecular formula is C23H18FN3O4. The van der Waals surface area contributed by atoms with Crippen LogP contribution >= 0.6 is 0 Å². The summed E-state index contributed by atoms with van der Waals surface area (Å²) in [5.41, 5.74) is 2.77. The summed E-state index contributed by atoms with van der Waals surface area (Å²) in [5, 5.41) is 12.3. The average Bonchev–Trinajstić information content (AvgIpc) is 3.46. The lowest BCUT2D eigenvalue weighted by atomic mass is 10.0. The van der Waals surface area contributed by atoms with E-state index in [9.17, 15) is 9.18 Å². The molecule has 0 radical (unpaired) electrons. The third kappa shape index (κ3) is 3.30. The Labute approximate surface area is 176 Å². The summed E-state index contributed by atoms with van der Waals surface area (Å²) in [6, 6.07) is 12.3. The Morgan fingerprint density at radius 2 is 1.94 bits per heavy atom. The predicted octanol–water partition coefficient (Wildman–Crippen LogP) is 5.11. The number of halogens is 1. The number of hydrogen-bond acceptors (Lipinski definition) is 7. The van der Waals surface area contributed by atoms with Crippen molar-refractivity contribution < 1.29 is 22.9 Å². The van der Waals surface area contributed by atoms with E-state index >= 15 is 0 Å². The van der Waals surface area contributed by atoms with Crippen LogP contribution in [-0.4, -0.2) is 21.1 Å². The Morgan fingerprint density at radius 1 is 1.13 bits per heavy atom. The standard InChI is InChI=1S/C23H18FN3O4/c1-12-10-16(28)21-17(9-8-15(24)19(12)21)29-11-18-25-26-23(30-18)20-13(2)31-27-22(20)14-6-4-3-5-7-14/h3-9,12H,10-11H2,1-2H3. The van der Waals surface area contributed by atoms with Crippen molar-refractivity contribution >= 4 is 5.78 Å². The summed E-state index contributed by atoms with van der Waals surface area (Å²) in [4.78, 5) is 12.3. The molecular weight excluding hydrogens is 401 g/mol. The lowest BCUT2D eigenvalue weighted by Gasteiger charge is -2.10. The summed E-state index contributed by atoms with van der Waals surface area (Å²) >= 11 is 0. The number of ether oxygens (including phenoxy) is 1. The molecule has 0 saturated heterocycles. The second-order valence-corrected chi connectivity index (χ2v) is 7.48. The van der Waals surface area contributed by atoms with Gasteiger partial charge in [0.15, 0.2) is 12.4 Å². The van der Waals surface area contributed by atoms with Gasteiger partial charge in [-0.05, 0) is 25.0 Å². The Kier molecular flexibility index (Phi) is 4.62. The van der Waals surface area contributed by atoms with E-state index in [2.05, 4.69) is 15.4 Å². The first-order valence-electron chi connectivity index (χ1n) is 9.85. The summed E-state index contributed by atoms with van der Waals surface area (Å²) < 4.78 is 31.1. The second-order valence-electron chi connectivity index (χ2n) is 7.48. The molecule has 1 atom stereocenters. The van der Waals surface area contributed by atoms with Crippen LogP contribution in [0.5, 0.6) is 5.75 Å². The molecule has 2 heterocycles. The van der Waals surface area contributed by atoms with E-state index in [0.717, 1.165) is 5.56 Å². The predicted molar refractivity (Wildman–Crippen MR) is 108 cm³/mol. The van der Waals surface area contributed by atoms with E-state index in [1.807, 2.05) is 37.3 Å². The van der Waals surface area contributed by atoms with Gasteiger partial charge < -0.3 is 13.7 Å². The number of nitrogens with zero attached hydrogens (tertiary/aromatic N) is 3. The molecule has 2 aromatic heterocycles. The smallest absolute Gasteiger partial charge is 0.254 e. The van der Waals surface area contributed by atoms with Gasteiger partial charge in [0, 0.05) is 17.5 Å². The summed E-state index contributed by atoms with van der Waals surface area (Å²) in [6.45, 7) is 3.54. The highest BCUT2D eigenvalue weighted by Crippen LogP contribution is 2.40. The van der Waals surface area contributed by atoms with E-state index in [4.69, 9.17) is 13.7 Å². The van der Waals surface area contributed by atoms with Crippen LogP contribution in [0.2, 0.25) is 0 Å². The SMILES string of the molecule is Cc1onc(-c2ccccc2)c1-c1nnc(COc2ccc(F)c3c2C(=O)CC3C)o1. The number of aryl methyl sites for hydroxylation is 1. The highest BCUT2D eigenvalue weighted by molar-refractivity contribution is 6.03. The van der Waals surface area contributed by atoms with E-state index in [-0.39, 0.29) is 36.5 Å². The van der Waals surface area contributed by atoms with Gasteiger partial charge in [0.05, 0.1) is 5.56 Å². The Bertz CT molecular complexity index is 1280. The molecule has 0 saturated carbocycles. The minimum absolute atomic E-state index is 0.0578. The van der Waals surface area contributed by atoms with Gasteiger partial charge in [-0.15, -0.1) is 10.2 Å². The highest BCUT2D eigenvalue weighted by atomic mass is 19.1. The number of aromatic nitrogens is 3. The van der Waals surface area contributed by atoms with Crippen LogP contribution in [0.4, 0.5) is 4.39 Å². The van der Waals surface area contributed by atoms with E-state index in [1.165, 1.54) is 12.1 Å². The Balaban J connectivity index is 1.41. The third-order valence-electron chi connectivity index (χ3n) is 5.36. The number of hydrogen-bond donors (Lipinski definition) is 0. The fourth-order valence-electron chi connectivity index (χ4n) is 3.92. The van der Waals surface area contributed by atoms with Crippen LogP contribution in [0.1, 0.15) is 46.8 Å². The van der Waals surface area contributed by atoms with E-state index in [1.54, 1.807) is 6.92 Å². The van der Waals surface area contributed by atoms with Crippen molar-refractivity contribution in [1.82, 2.24) is 15.4 Å². The molecule has 1 aliphatic rings. The minimum Gasteiger partial charge on any atom is -0.483 e. The molecule has 0 spiro atoms. The van der Waals surface area contributed by atoms with Crippen LogP contribution in [0, 0.1) is 12.7 Å². The lowest BCUT2D eigenvalue weighted by Crippen LogP contribution is -2.03. The van der Waals surface area contributed by atoms with Crippen LogP contribution < -0.4 is 4.74 Å². The zero-order valence-electron chi connectivity index (χ0n) is 16.9. The first-order chi connectivity index (χ1) is 15.0. The zero-order valence-corrected chi connectivity index (χ0v) is 16.9. The Morgan fingerprint density at radius 3 is 2.74 bits per heavy atom. The molecule has 8 heteroatoms. The molecule has 31 heavy (non-hydrogen) atoms. The van der Waals surface area contributed by atoms with Crippen molar-refractivity contribution in [3.63, 3.8) is 0 Å². The van der Waals surface area contributed by atoms with Gasteiger partial charge in [0.1, 0.15) is 28.6 Å². The van der Waals surface area contributed by atoms with Crippen molar-refractivity contribution in [2.24, 2.45) is 0 Å². The van der Waals surface area contributed by atoms with Crippen LogP contribution in [0.3, 0.4) is 0 Å². The topological polar surface area (TPSA) is 91.3 Å². The number of benzene rings is 2. The molecule has 5 rings (SSSR count). The second kappa shape index (κ2) is 7.46. The number of Topliss-reactive ketones (excluding diaryl/α,β-unsaturated/α-hetero) is 1. The van der Waals surface area contributed by atoms with Gasteiger partial charge in [0.25, 0.3) is 11.8 Å². The van der Waals surface area contributed by atoms with Gasteiger partial charge in [-0.25, -0.2) is 4.39 Å². The molecule has 0 bridgehead atoms. The molecule has 0 aliphatic heterocycles. The lowest BCUT2D eigenvalue weighted by molar-refractivity contribution is 0.0985. The quantitative estimate of drug-likeness (QED) is 0.444. The Hall–Kier alpha value is -3.81. The van der Waals surface area contributed by atoms with Gasteiger partial charge in [0.2, 0.25) is 0 Å². The number of carbonyl (C=O) groups is 1. The summed E-state index contributed by atoms with van der Waals surface area (Å²) in [5.74, 6) is 0.640. The maximum atomic E-state index is 14.2. The van der Waals surface area contributed by atoms with E-state index in [0.29, 0.717) is 33.9 Å². The minimum atomic E-state index is -0.392. The van der Waals surface area contributed by atoms with Crippen molar-refractivity contribution in [3.05, 3.63) is 71.1 Å².